The Bertz CT molecular complexity index is 388. The molecule has 3 nitrogen and oxygen atoms in total. The summed E-state index contributed by atoms with van der Waals surface area (Å²) in [6, 6.07) is 4.94. The van der Waals surface area contributed by atoms with Crippen molar-refractivity contribution in [2.45, 2.75) is 26.7 Å². The quantitative estimate of drug-likeness (QED) is 0.628. The molecule has 0 radical (unpaired) electrons. The SMILES string of the molecule is CC(C)CCCOc1cc(C(=O)O)ccc1I. The molecular formula is C13H17IO3. The van der Waals surface area contributed by atoms with Crippen LogP contribution in [0.25, 0.3) is 0 Å². The molecule has 0 aromatic heterocycles. The van der Waals surface area contributed by atoms with Crippen LogP contribution >= 0.6 is 22.6 Å². The third-order valence-corrected chi connectivity index (χ3v) is 3.25. The molecule has 1 N–H and O–H groups in total. The van der Waals surface area contributed by atoms with Gasteiger partial charge in [-0.05, 0) is 59.5 Å². The van der Waals surface area contributed by atoms with E-state index >= 15 is 0 Å². The zero-order valence-electron chi connectivity index (χ0n) is 10.1. The molecule has 0 aliphatic heterocycles. The third-order valence-electron chi connectivity index (χ3n) is 2.36. The number of benzene rings is 1. The van der Waals surface area contributed by atoms with Crippen molar-refractivity contribution < 1.29 is 14.6 Å². The predicted molar refractivity (Wildman–Crippen MR) is 75.7 cm³/mol. The van der Waals surface area contributed by atoms with Crippen LogP contribution in [0, 0.1) is 9.49 Å². The van der Waals surface area contributed by atoms with E-state index in [1.54, 1.807) is 18.2 Å². The zero-order valence-corrected chi connectivity index (χ0v) is 12.2. The van der Waals surface area contributed by atoms with E-state index in [0.29, 0.717) is 18.3 Å². The summed E-state index contributed by atoms with van der Waals surface area (Å²) in [6.45, 7) is 4.99. The van der Waals surface area contributed by atoms with Crippen molar-refractivity contribution in [1.82, 2.24) is 0 Å². The highest BCUT2D eigenvalue weighted by atomic mass is 127. The second-order valence-corrected chi connectivity index (χ2v) is 5.50. The van der Waals surface area contributed by atoms with Gasteiger partial charge in [0.25, 0.3) is 0 Å². The third kappa shape index (κ3) is 4.93. The molecule has 0 spiro atoms. The number of rotatable bonds is 6. The first kappa shape index (κ1) is 14.3. The fourth-order valence-electron chi connectivity index (χ4n) is 1.42. The number of halogens is 1. The second kappa shape index (κ2) is 6.83. The molecule has 0 aliphatic rings. The zero-order chi connectivity index (χ0) is 12.8. The maximum Gasteiger partial charge on any atom is 0.335 e. The lowest BCUT2D eigenvalue weighted by atomic mass is 10.1. The van der Waals surface area contributed by atoms with E-state index in [0.717, 1.165) is 16.4 Å². The number of hydrogen-bond donors (Lipinski definition) is 1. The second-order valence-electron chi connectivity index (χ2n) is 4.33. The summed E-state index contributed by atoms with van der Waals surface area (Å²) in [5, 5.41) is 8.89. The van der Waals surface area contributed by atoms with Gasteiger partial charge in [0.15, 0.2) is 0 Å². The summed E-state index contributed by atoms with van der Waals surface area (Å²) in [6.07, 6.45) is 2.11. The van der Waals surface area contributed by atoms with Crippen LogP contribution in [0.5, 0.6) is 5.75 Å². The Hall–Kier alpha value is -0.780. The van der Waals surface area contributed by atoms with Gasteiger partial charge in [-0.3, -0.25) is 0 Å². The maximum atomic E-state index is 10.8. The van der Waals surface area contributed by atoms with Crippen LogP contribution in [0.15, 0.2) is 18.2 Å². The van der Waals surface area contributed by atoms with Crippen LogP contribution in [0.3, 0.4) is 0 Å². The molecule has 0 unspecified atom stereocenters. The molecule has 1 rings (SSSR count). The van der Waals surface area contributed by atoms with E-state index in [1.807, 2.05) is 0 Å². The normalized spacial score (nSPS) is 10.6. The molecule has 0 saturated heterocycles. The number of carboxylic acids is 1. The van der Waals surface area contributed by atoms with E-state index in [9.17, 15) is 4.79 Å². The van der Waals surface area contributed by atoms with Gasteiger partial charge >= 0.3 is 5.97 Å². The van der Waals surface area contributed by atoms with Gasteiger partial charge in [-0.15, -0.1) is 0 Å². The number of ether oxygens (including phenoxy) is 1. The number of hydrogen-bond acceptors (Lipinski definition) is 2. The lowest BCUT2D eigenvalue weighted by molar-refractivity contribution is 0.0696. The Morgan fingerprint density at radius 3 is 2.76 bits per heavy atom. The number of carboxylic acid groups (broad SMARTS) is 1. The lowest BCUT2D eigenvalue weighted by Gasteiger charge is -2.10. The van der Waals surface area contributed by atoms with Crippen molar-refractivity contribution in [3.8, 4) is 5.75 Å². The van der Waals surface area contributed by atoms with E-state index in [4.69, 9.17) is 9.84 Å². The highest BCUT2D eigenvalue weighted by molar-refractivity contribution is 14.1. The van der Waals surface area contributed by atoms with Crippen LogP contribution in [0.2, 0.25) is 0 Å². The first-order valence-corrected chi connectivity index (χ1v) is 6.74. The first-order valence-electron chi connectivity index (χ1n) is 5.66. The van der Waals surface area contributed by atoms with Gasteiger partial charge in [-0.2, -0.15) is 0 Å². The van der Waals surface area contributed by atoms with Crippen molar-refractivity contribution in [2.24, 2.45) is 5.92 Å². The van der Waals surface area contributed by atoms with E-state index < -0.39 is 5.97 Å². The topological polar surface area (TPSA) is 46.5 Å². The molecular weight excluding hydrogens is 331 g/mol. The Kier molecular flexibility index (Phi) is 5.74. The van der Waals surface area contributed by atoms with Crippen molar-refractivity contribution in [2.75, 3.05) is 6.61 Å². The van der Waals surface area contributed by atoms with Gasteiger partial charge in [-0.1, -0.05) is 13.8 Å². The highest BCUT2D eigenvalue weighted by Gasteiger charge is 2.07. The average Bonchev–Trinajstić information content (AvgIpc) is 2.25. The lowest BCUT2D eigenvalue weighted by Crippen LogP contribution is -2.03. The van der Waals surface area contributed by atoms with Crippen molar-refractivity contribution in [3.05, 3.63) is 27.3 Å². The Labute approximate surface area is 115 Å². The van der Waals surface area contributed by atoms with Gasteiger partial charge in [0.05, 0.1) is 15.7 Å². The van der Waals surface area contributed by atoms with E-state index in [-0.39, 0.29) is 5.56 Å². The molecule has 0 saturated carbocycles. The van der Waals surface area contributed by atoms with E-state index in [1.165, 1.54) is 0 Å². The highest BCUT2D eigenvalue weighted by Crippen LogP contribution is 2.22. The molecule has 0 aliphatic carbocycles. The Balaban J connectivity index is 2.57. The van der Waals surface area contributed by atoms with Crippen LogP contribution < -0.4 is 4.74 Å². The van der Waals surface area contributed by atoms with Crippen LogP contribution in [0.4, 0.5) is 0 Å². The fraction of sp³-hybridized carbons (Fsp3) is 0.462. The van der Waals surface area contributed by atoms with Gasteiger partial charge in [-0.25, -0.2) is 4.79 Å². The molecule has 0 fully saturated rings. The average molecular weight is 348 g/mol. The van der Waals surface area contributed by atoms with Crippen LogP contribution in [-0.2, 0) is 0 Å². The minimum absolute atomic E-state index is 0.268. The molecule has 0 bridgehead atoms. The predicted octanol–water partition coefficient (Wildman–Crippen LogP) is 3.80. The standard InChI is InChI=1S/C13H17IO3/c1-9(2)4-3-7-17-12-8-10(13(15)16)5-6-11(12)14/h5-6,8-9H,3-4,7H2,1-2H3,(H,15,16). The molecule has 1 aromatic rings. The van der Waals surface area contributed by atoms with Crippen LogP contribution in [0.1, 0.15) is 37.0 Å². The monoisotopic (exact) mass is 348 g/mol. The maximum absolute atomic E-state index is 10.8. The molecule has 0 amide bonds. The van der Waals surface area contributed by atoms with Gasteiger partial charge in [0, 0.05) is 0 Å². The van der Waals surface area contributed by atoms with E-state index in [2.05, 4.69) is 36.4 Å². The van der Waals surface area contributed by atoms with Crippen molar-refractivity contribution >= 4 is 28.6 Å². The summed E-state index contributed by atoms with van der Waals surface area (Å²) in [5.41, 5.74) is 0.268. The molecule has 17 heavy (non-hydrogen) atoms. The molecule has 1 aromatic carbocycles. The van der Waals surface area contributed by atoms with Gasteiger partial charge in [0.2, 0.25) is 0 Å². The minimum atomic E-state index is -0.923. The molecule has 94 valence electrons. The fourth-order valence-corrected chi connectivity index (χ4v) is 1.91. The van der Waals surface area contributed by atoms with Gasteiger partial charge < -0.3 is 9.84 Å². The van der Waals surface area contributed by atoms with Gasteiger partial charge in [0.1, 0.15) is 5.75 Å². The first-order chi connectivity index (χ1) is 8.00. The smallest absolute Gasteiger partial charge is 0.335 e. The summed E-state index contributed by atoms with van der Waals surface area (Å²) in [5.74, 6) is 0.408. The molecule has 4 heteroatoms. The molecule has 0 heterocycles. The Morgan fingerprint density at radius 1 is 1.47 bits per heavy atom. The summed E-state index contributed by atoms with van der Waals surface area (Å²) in [7, 11) is 0. The summed E-state index contributed by atoms with van der Waals surface area (Å²) < 4.78 is 6.55. The van der Waals surface area contributed by atoms with Crippen molar-refractivity contribution in [3.63, 3.8) is 0 Å². The largest absolute Gasteiger partial charge is 0.492 e. The van der Waals surface area contributed by atoms with Crippen molar-refractivity contribution in [1.29, 1.82) is 0 Å². The number of carbonyl (C=O) groups is 1. The Morgan fingerprint density at radius 2 is 2.18 bits per heavy atom. The number of aromatic carboxylic acids is 1. The summed E-state index contributed by atoms with van der Waals surface area (Å²) in [4.78, 5) is 10.8. The summed E-state index contributed by atoms with van der Waals surface area (Å²) >= 11 is 2.15. The van der Waals surface area contributed by atoms with Crippen LogP contribution in [-0.4, -0.2) is 17.7 Å². The molecule has 0 atom stereocenters. The minimum Gasteiger partial charge on any atom is -0.492 e.